The van der Waals surface area contributed by atoms with Crippen molar-refractivity contribution in [3.05, 3.63) is 46.4 Å². The lowest BCUT2D eigenvalue weighted by Crippen LogP contribution is -2.57. The second-order valence-electron chi connectivity index (χ2n) is 7.35. The van der Waals surface area contributed by atoms with Crippen LogP contribution in [0.3, 0.4) is 0 Å². The van der Waals surface area contributed by atoms with Crippen LogP contribution in [-0.2, 0) is 0 Å². The van der Waals surface area contributed by atoms with Crippen LogP contribution in [0.2, 0.25) is 0 Å². The summed E-state index contributed by atoms with van der Waals surface area (Å²) >= 11 is 1.37. The number of carbonyl (C=O) groups is 2. The summed E-state index contributed by atoms with van der Waals surface area (Å²) in [5.74, 6) is 0.533. The number of rotatable bonds is 1. The first-order valence-electron chi connectivity index (χ1n) is 9.96. The van der Waals surface area contributed by atoms with Gasteiger partial charge in [0.25, 0.3) is 11.8 Å². The largest absolute Gasteiger partial charge is 0.493 e. The molecule has 2 aliphatic rings. The Bertz CT molecular complexity index is 824. The van der Waals surface area contributed by atoms with Gasteiger partial charge in [0.05, 0.1) is 29.9 Å². The van der Waals surface area contributed by atoms with E-state index in [0.29, 0.717) is 22.8 Å². The predicted molar refractivity (Wildman–Crippen MR) is 108 cm³/mol. The molecule has 1 aromatic carbocycles. The van der Waals surface area contributed by atoms with Crippen molar-refractivity contribution in [1.29, 1.82) is 0 Å². The van der Waals surface area contributed by atoms with Gasteiger partial charge in [0, 0.05) is 12.6 Å². The van der Waals surface area contributed by atoms with Gasteiger partial charge in [0.1, 0.15) is 10.6 Å². The lowest BCUT2D eigenvalue weighted by Gasteiger charge is -2.42. The molecule has 0 spiro atoms. The second kappa shape index (κ2) is 8.73. The van der Waals surface area contributed by atoms with Crippen LogP contribution in [0.15, 0.2) is 36.0 Å². The maximum Gasteiger partial charge on any atom is 0.265 e. The van der Waals surface area contributed by atoms with Crippen molar-refractivity contribution in [3.63, 3.8) is 0 Å². The first-order valence-corrected chi connectivity index (χ1v) is 10.8. The topological polar surface area (TPSA) is 71.5 Å². The van der Waals surface area contributed by atoms with Crippen LogP contribution in [0.25, 0.3) is 0 Å². The SMILES string of the molecule is O=C1N[C@H]2CCCN(C(=O)c3cncs3)[C@H]2CCCCCOc2ccccc21. The zero-order valence-electron chi connectivity index (χ0n) is 15.8. The van der Waals surface area contributed by atoms with Crippen molar-refractivity contribution in [2.75, 3.05) is 13.2 Å². The Morgan fingerprint density at radius 1 is 1.18 bits per heavy atom. The van der Waals surface area contributed by atoms with Crippen LogP contribution >= 0.6 is 11.3 Å². The van der Waals surface area contributed by atoms with Gasteiger partial charge in [0.15, 0.2) is 0 Å². The first kappa shape index (κ1) is 18.9. The molecule has 0 aliphatic carbocycles. The molecular weight excluding hydrogens is 374 g/mol. The molecule has 1 fully saturated rings. The Kier molecular flexibility index (Phi) is 5.90. The maximum atomic E-state index is 13.0. The molecule has 0 bridgehead atoms. The summed E-state index contributed by atoms with van der Waals surface area (Å²) in [4.78, 5) is 32.7. The van der Waals surface area contributed by atoms with Crippen LogP contribution < -0.4 is 10.1 Å². The van der Waals surface area contributed by atoms with Gasteiger partial charge in [-0.2, -0.15) is 0 Å². The van der Waals surface area contributed by atoms with E-state index < -0.39 is 0 Å². The fraction of sp³-hybridized carbons (Fsp3) is 0.476. The molecule has 0 saturated carbocycles. The maximum absolute atomic E-state index is 13.0. The second-order valence-corrected chi connectivity index (χ2v) is 8.23. The van der Waals surface area contributed by atoms with Gasteiger partial charge in [-0.3, -0.25) is 14.6 Å². The molecule has 2 aromatic rings. The molecular formula is C21H25N3O3S. The smallest absolute Gasteiger partial charge is 0.265 e. The number of benzene rings is 1. The minimum Gasteiger partial charge on any atom is -0.493 e. The first-order chi connectivity index (χ1) is 13.7. The summed E-state index contributed by atoms with van der Waals surface area (Å²) in [6.07, 6.45) is 7.28. The van der Waals surface area contributed by atoms with Gasteiger partial charge in [-0.25, -0.2) is 0 Å². The summed E-state index contributed by atoms with van der Waals surface area (Å²) in [5, 5.41) is 3.20. The van der Waals surface area contributed by atoms with E-state index in [1.54, 1.807) is 17.8 Å². The number of nitrogens with one attached hydrogen (secondary N) is 1. The van der Waals surface area contributed by atoms with Gasteiger partial charge >= 0.3 is 0 Å². The van der Waals surface area contributed by atoms with Crippen LogP contribution in [0.1, 0.15) is 58.6 Å². The summed E-state index contributed by atoms with van der Waals surface area (Å²) in [5.41, 5.74) is 2.25. The molecule has 3 heterocycles. The summed E-state index contributed by atoms with van der Waals surface area (Å²) in [7, 11) is 0. The van der Waals surface area contributed by atoms with Crippen molar-refractivity contribution in [2.45, 2.75) is 50.6 Å². The summed E-state index contributed by atoms with van der Waals surface area (Å²) in [6, 6.07) is 7.35. The number of hydrogen-bond donors (Lipinski definition) is 1. The molecule has 1 saturated heterocycles. The highest BCUT2D eigenvalue weighted by Crippen LogP contribution is 2.27. The fourth-order valence-electron chi connectivity index (χ4n) is 4.14. The van der Waals surface area contributed by atoms with Gasteiger partial charge in [0.2, 0.25) is 0 Å². The molecule has 4 rings (SSSR count). The third kappa shape index (κ3) is 4.04. The Morgan fingerprint density at radius 2 is 2.07 bits per heavy atom. The van der Waals surface area contributed by atoms with Crippen molar-refractivity contribution in [2.24, 2.45) is 0 Å². The number of ether oxygens (including phenoxy) is 1. The number of piperidine rings is 1. The van der Waals surface area contributed by atoms with Crippen LogP contribution in [0.4, 0.5) is 0 Å². The number of nitrogens with zero attached hydrogens (tertiary/aromatic N) is 2. The van der Waals surface area contributed by atoms with Crippen molar-refractivity contribution in [3.8, 4) is 5.75 Å². The molecule has 2 amide bonds. The molecule has 1 aromatic heterocycles. The van der Waals surface area contributed by atoms with Gasteiger partial charge < -0.3 is 15.0 Å². The lowest BCUT2D eigenvalue weighted by atomic mass is 9.91. The monoisotopic (exact) mass is 399 g/mol. The Morgan fingerprint density at radius 3 is 2.93 bits per heavy atom. The Labute approximate surface area is 168 Å². The van der Waals surface area contributed by atoms with Gasteiger partial charge in [-0.1, -0.05) is 18.6 Å². The van der Waals surface area contributed by atoms with Gasteiger partial charge in [-0.15, -0.1) is 11.3 Å². The van der Waals surface area contributed by atoms with Crippen LogP contribution in [0.5, 0.6) is 5.75 Å². The molecule has 148 valence electrons. The highest BCUT2D eigenvalue weighted by molar-refractivity contribution is 7.11. The summed E-state index contributed by atoms with van der Waals surface area (Å²) < 4.78 is 5.84. The molecule has 6 nitrogen and oxygen atoms in total. The Hall–Kier alpha value is -2.41. The number of fused-ring (bicyclic) bond motifs is 2. The number of likely N-dealkylation sites (tertiary alicyclic amines) is 1. The molecule has 1 N–H and O–H groups in total. The third-order valence-corrected chi connectivity index (χ3v) is 6.29. The number of para-hydroxylation sites is 1. The van der Waals surface area contributed by atoms with E-state index in [-0.39, 0.29) is 23.9 Å². The number of carbonyl (C=O) groups excluding carboxylic acids is 2. The third-order valence-electron chi connectivity index (χ3n) is 5.53. The van der Waals surface area contributed by atoms with E-state index in [2.05, 4.69) is 10.3 Å². The highest BCUT2D eigenvalue weighted by Gasteiger charge is 2.36. The zero-order valence-corrected chi connectivity index (χ0v) is 16.6. The highest BCUT2D eigenvalue weighted by atomic mass is 32.1. The molecule has 28 heavy (non-hydrogen) atoms. The molecule has 0 radical (unpaired) electrons. The quantitative estimate of drug-likeness (QED) is 0.797. The molecule has 2 aliphatic heterocycles. The number of aromatic nitrogens is 1. The van der Waals surface area contributed by atoms with E-state index >= 15 is 0 Å². The number of amides is 2. The van der Waals surface area contributed by atoms with E-state index in [0.717, 1.165) is 45.1 Å². The van der Waals surface area contributed by atoms with E-state index in [1.165, 1.54) is 11.3 Å². The number of thiazole rings is 1. The van der Waals surface area contributed by atoms with E-state index in [9.17, 15) is 9.59 Å². The normalized spacial score (nSPS) is 23.3. The van der Waals surface area contributed by atoms with Crippen molar-refractivity contribution in [1.82, 2.24) is 15.2 Å². The fourth-order valence-corrected chi connectivity index (χ4v) is 4.71. The minimum absolute atomic E-state index is 0.0137. The average Bonchev–Trinajstić information content (AvgIpc) is 3.25. The van der Waals surface area contributed by atoms with E-state index in [4.69, 9.17) is 4.74 Å². The van der Waals surface area contributed by atoms with Gasteiger partial charge in [-0.05, 0) is 44.2 Å². The molecule has 7 heteroatoms. The van der Waals surface area contributed by atoms with E-state index in [1.807, 2.05) is 23.1 Å². The van der Waals surface area contributed by atoms with Crippen molar-refractivity contribution >= 4 is 23.2 Å². The predicted octanol–water partition coefficient (Wildman–Crippen LogP) is 3.50. The molecule has 0 unspecified atom stereocenters. The minimum atomic E-state index is -0.127. The zero-order chi connectivity index (χ0) is 19.3. The lowest BCUT2D eigenvalue weighted by molar-refractivity contribution is 0.0509. The standard InChI is InChI=1S/C21H25N3O3S/c25-20-15-7-3-4-10-18(15)27-12-5-1-2-9-17-16(23-20)8-6-11-24(17)21(26)19-13-22-14-28-19/h3-4,7,10,13-14,16-17H,1-2,5-6,8-9,11-12H2,(H,23,25)/t16-,17-/m0/s1. The van der Waals surface area contributed by atoms with Crippen LogP contribution in [0, 0.1) is 0 Å². The number of hydrogen-bond acceptors (Lipinski definition) is 5. The molecule has 2 atom stereocenters. The van der Waals surface area contributed by atoms with Crippen LogP contribution in [-0.4, -0.2) is 46.9 Å². The summed E-state index contributed by atoms with van der Waals surface area (Å²) in [6.45, 7) is 1.33. The van der Waals surface area contributed by atoms with Crippen molar-refractivity contribution < 1.29 is 14.3 Å². The average molecular weight is 400 g/mol. The Balaban J connectivity index is 1.60.